The zero-order chi connectivity index (χ0) is 17.9. The summed E-state index contributed by atoms with van der Waals surface area (Å²) >= 11 is 0. The average molecular weight is 328 g/mol. The van der Waals surface area contributed by atoms with E-state index in [1.54, 1.807) is 25.1 Å². The molecule has 1 unspecified atom stereocenters. The molecule has 0 fully saturated rings. The molecule has 1 atom stereocenters. The van der Waals surface area contributed by atoms with Gasteiger partial charge in [-0.1, -0.05) is 19.9 Å². The maximum absolute atomic E-state index is 10.5. The van der Waals surface area contributed by atoms with Crippen molar-refractivity contribution in [3.05, 3.63) is 46.5 Å². The first kappa shape index (κ1) is 16.5. The van der Waals surface area contributed by atoms with Gasteiger partial charge in [-0.25, -0.2) is 0 Å². The van der Waals surface area contributed by atoms with Crippen molar-refractivity contribution in [2.45, 2.75) is 52.1 Å². The lowest BCUT2D eigenvalue weighted by atomic mass is 9.70. The summed E-state index contributed by atoms with van der Waals surface area (Å²) in [5.74, 6) is 0.970. The highest BCUT2D eigenvalue weighted by molar-refractivity contribution is 5.56. The van der Waals surface area contributed by atoms with Gasteiger partial charge in [-0.15, -0.1) is 0 Å². The van der Waals surface area contributed by atoms with E-state index in [1.165, 1.54) is 0 Å². The Hall–Kier alpha value is -2.36. The van der Waals surface area contributed by atoms with Gasteiger partial charge in [0.25, 0.3) is 0 Å². The molecule has 0 aromatic heterocycles. The van der Waals surface area contributed by atoms with Gasteiger partial charge < -0.3 is 20.1 Å². The van der Waals surface area contributed by atoms with Gasteiger partial charge >= 0.3 is 0 Å². The van der Waals surface area contributed by atoms with Crippen LogP contribution in [-0.4, -0.2) is 15.3 Å². The molecule has 2 aromatic carbocycles. The van der Waals surface area contributed by atoms with Crippen LogP contribution in [0, 0.1) is 13.8 Å². The molecule has 0 bridgehead atoms. The Bertz CT molecular complexity index is 823. The lowest BCUT2D eigenvalue weighted by Gasteiger charge is -2.45. The monoisotopic (exact) mass is 328 g/mol. The average Bonchev–Trinajstić information content (AvgIpc) is 2.48. The third-order valence-corrected chi connectivity index (χ3v) is 5.19. The highest BCUT2D eigenvalue weighted by Crippen LogP contribution is 2.53. The first-order valence-electron chi connectivity index (χ1n) is 8.11. The van der Waals surface area contributed by atoms with Crippen LogP contribution in [0.5, 0.6) is 23.0 Å². The Kier molecular flexibility index (Phi) is 3.48. The van der Waals surface area contributed by atoms with Crippen molar-refractivity contribution < 1.29 is 20.1 Å². The van der Waals surface area contributed by atoms with E-state index in [9.17, 15) is 15.3 Å². The first-order valence-corrected chi connectivity index (χ1v) is 8.11. The van der Waals surface area contributed by atoms with Gasteiger partial charge in [0.15, 0.2) is 0 Å². The largest absolute Gasteiger partial charge is 0.508 e. The van der Waals surface area contributed by atoms with Crippen LogP contribution in [0.25, 0.3) is 0 Å². The van der Waals surface area contributed by atoms with Gasteiger partial charge in [-0.3, -0.25) is 0 Å². The molecule has 3 rings (SSSR count). The summed E-state index contributed by atoms with van der Waals surface area (Å²) in [7, 11) is 0. The van der Waals surface area contributed by atoms with Gasteiger partial charge in [0, 0.05) is 28.7 Å². The third-order valence-electron chi connectivity index (χ3n) is 5.19. The molecule has 24 heavy (non-hydrogen) atoms. The quantitative estimate of drug-likeness (QED) is 0.726. The smallest absolute Gasteiger partial charge is 0.136 e. The Balaban J connectivity index is 2.21. The maximum atomic E-state index is 10.5. The summed E-state index contributed by atoms with van der Waals surface area (Å²) in [5.41, 5.74) is 1.86. The number of aromatic hydroxyl groups is 3. The van der Waals surface area contributed by atoms with Gasteiger partial charge in [-0.05, 0) is 44.4 Å². The van der Waals surface area contributed by atoms with Crippen molar-refractivity contribution in [1.29, 1.82) is 0 Å². The summed E-state index contributed by atoms with van der Waals surface area (Å²) in [5, 5.41) is 30.4. The molecule has 3 N–H and O–H groups in total. The van der Waals surface area contributed by atoms with Crippen LogP contribution in [0.4, 0.5) is 0 Å². The number of hydrogen-bond donors (Lipinski definition) is 3. The minimum Gasteiger partial charge on any atom is -0.508 e. The Labute approximate surface area is 142 Å². The lowest BCUT2D eigenvalue weighted by Crippen LogP contribution is -2.42. The van der Waals surface area contributed by atoms with Gasteiger partial charge in [0.1, 0.15) is 28.6 Å². The number of hydrogen-bond acceptors (Lipinski definition) is 4. The van der Waals surface area contributed by atoms with Crippen LogP contribution >= 0.6 is 0 Å². The van der Waals surface area contributed by atoms with Crippen LogP contribution in [0.3, 0.4) is 0 Å². The Morgan fingerprint density at radius 2 is 1.38 bits per heavy atom. The number of benzene rings is 2. The molecular formula is C20H24O4. The SMILES string of the molecule is Cc1c(O)ccc(C2(C)CC(C)(C)c3ccc(O)c(C)c3O2)c1O. The van der Waals surface area contributed by atoms with E-state index < -0.39 is 5.60 Å². The topological polar surface area (TPSA) is 69.9 Å². The van der Waals surface area contributed by atoms with E-state index in [2.05, 4.69) is 13.8 Å². The van der Waals surface area contributed by atoms with Gasteiger partial charge in [0.05, 0.1) is 0 Å². The molecule has 0 amide bonds. The normalized spacial score (nSPS) is 21.9. The molecule has 1 aliphatic rings. The molecule has 0 radical (unpaired) electrons. The number of rotatable bonds is 1. The summed E-state index contributed by atoms with van der Waals surface area (Å²) in [6, 6.07) is 6.89. The van der Waals surface area contributed by atoms with Crippen LogP contribution in [0.2, 0.25) is 0 Å². The molecule has 0 saturated heterocycles. The highest BCUT2D eigenvalue weighted by Gasteiger charge is 2.45. The third kappa shape index (κ3) is 2.29. The fourth-order valence-corrected chi connectivity index (χ4v) is 3.81. The lowest BCUT2D eigenvalue weighted by molar-refractivity contribution is 0.0292. The van der Waals surface area contributed by atoms with Gasteiger partial charge in [-0.2, -0.15) is 0 Å². The molecule has 1 heterocycles. The Morgan fingerprint density at radius 3 is 2.00 bits per heavy atom. The second kappa shape index (κ2) is 5.07. The molecule has 4 heteroatoms. The summed E-state index contributed by atoms with van der Waals surface area (Å²) in [4.78, 5) is 0. The predicted octanol–water partition coefficient (Wildman–Crippen LogP) is 4.40. The highest BCUT2D eigenvalue weighted by atomic mass is 16.5. The molecule has 2 aromatic rings. The standard InChI is InChI=1S/C20H24O4/c1-11-15(21)8-6-13(17(11)23)20(5)10-19(3,4)14-7-9-16(22)12(2)18(14)24-20/h6-9,21-23H,10H2,1-5H3. The van der Waals surface area contributed by atoms with Crippen molar-refractivity contribution in [3.8, 4) is 23.0 Å². The molecule has 0 saturated carbocycles. The molecule has 0 spiro atoms. The predicted molar refractivity (Wildman–Crippen MR) is 93.0 cm³/mol. The number of phenolic OH excluding ortho intramolecular Hbond substituents is 3. The van der Waals surface area contributed by atoms with E-state index in [0.29, 0.717) is 28.9 Å². The van der Waals surface area contributed by atoms with E-state index in [-0.39, 0.29) is 22.7 Å². The van der Waals surface area contributed by atoms with Crippen molar-refractivity contribution in [1.82, 2.24) is 0 Å². The van der Waals surface area contributed by atoms with Crippen molar-refractivity contribution >= 4 is 0 Å². The fourth-order valence-electron chi connectivity index (χ4n) is 3.81. The molecule has 0 aliphatic carbocycles. The van der Waals surface area contributed by atoms with Crippen LogP contribution in [0.15, 0.2) is 24.3 Å². The summed E-state index contributed by atoms with van der Waals surface area (Å²) in [6.07, 6.45) is 0.662. The second-order valence-electron chi connectivity index (χ2n) is 7.59. The van der Waals surface area contributed by atoms with Gasteiger partial charge in [0.2, 0.25) is 0 Å². The van der Waals surface area contributed by atoms with E-state index in [4.69, 9.17) is 4.74 Å². The minimum absolute atomic E-state index is 0.0505. The first-order chi connectivity index (χ1) is 11.1. The second-order valence-corrected chi connectivity index (χ2v) is 7.59. The maximum Gasteiger partial charge on any atom is 0.136 e. The molecular weight excluding hydrogens is 304 g/mol. The zero-order valence-electron chi connectivity index (χ0n) is 14.8. The van der Waals surface area contributed by atoms with E-state index in [1.807, 2.05) is 19.9 Å². The van der Waals surface area contributed by atoms with E-state index >= 15 is 0 Å². The fraction of sp³-hybridized carbons (Fsp3) is 0.400. The number of ether oxygens (including phenoxy) is 1. The minimum atomic E-state index is -0.766. The summed E-state index contributed by atoms with van der Waals surface area (Å²) in [6.45, 7) is 9.71. The Morgan fingerprint density at radius 1 is 0.833 bits per heavy atom. The van der Waals surface area contributed by atoms with Crippen molar-refractivity contribution in [2.24, 2.45) is 0 Å². The molecule has 1 aliphatic heterocycles. The van der Waals surface area contributed by atoms with Crippen LogP contribution in [-0.2, 0) is 11.0 Å². The van der Waals surface area contributed by atoms with Crippen LogP contribution < -0.4 is 4.74 Å². The molecule has 128 valence electrons. The number of fused-ring (bicyclic) bond motifs is 1. The van der Waals surface area contributed by atoms with Crippen molar-refractivity contribution in [2.75, 3.05) is 0 Å². The van der Waals surface area contributed by atoms with Crippen LogP contribution in [0.1, 0.15) is 49.4 Å². The van der Waals surface area contributed by atoms with E-state index in [0.717, 1.165) is 5.56 Å². The number of phenols is 3. The molecule has 4 nitrogen and oxygen atoms in total. The zero-order valence-corrected chi connectivity index (χ0v) is 14.8. The van der Waals surface area contributed by atoms with Crippen molar-refractivity contribution in [3.63, 3.8) is 0 Å². The summed E-state index contributed by atoms with van der Waals surface area (Å²) < 4.78 is 6.33.